The largest absolute Gasteiger partial charge is 0.492 e. The number of anilines is 2. The molecule has 2 heterocycles. The summed E-state index contributed by atoms with van der Waals surface area (Å²) in [7, 11) is 3.56. The average Bonchev–Trinajstić information content (AvgIpc) is 3.00. The molecule has 164 valence electrons. The van der Waals surface area contributed by atoms with Crippen molar-refractivity contribution in [3.05, 3.63) is 54.5 Å². The smallest absolute Gasteiger partial charge is 0.262 e. The van der Waals surface area contributed by atoms with E-state index in [0.717, 1.165) is 53.5 Å². The van der Waals surface area contributed by atoms with Crippen LogP contribution in [0.5, 0.6) is 5.75 Å². The minimum absolute atomic E-state index is 0.716. The van der Waals surface area contributed by atoms with Crippen molar-refractivity contribution in [1.29, 1.82) is 0 Å². The Labute approximate surface area is 192 Å². The SMILES string of the molecule is CBr.CNc1ccc(-c2c[n+](-c3ccccc3OC)c3n2CCCCC3)cc1NC=O. The van der Waals surface area contributed by atoms with E-state index in [1.165, 1.54) is 18.7 Å². The zero-order valence-corrected chi connectivity index (χ0v) is 19.9. The minimum Gasteiger partial charge on any atom is -0.492 e. The number of amides is 1. The van der Waals surface area contributed by atoms with Crippen LogP contribution in [0, 0.1) is 0 Å². The third-order valence-electron chi connectivity index (χ3n) is 5.56. The number of hydrogen-bond acceptors (Lipinski definition) is 3. The maximum Gasteiger partial charge on any atom is 0.262 e. The van der Waals surface area contributed by atoms with E-state index in [0.29, 0.717) is 6.41 Å². The van der Waals surface area contributed by atoms with E-state index in [-0.39, 0.29) is 0 Å². The molecule has 1 aromatic heterocycles. The van der Waals surface area contributed by atoms with Gasteiger partial charge in [-0.15, -0.1) is 0 Å². The Bertz CT molecular complexity index is 1030. The standard InChI is InChI=1S/C23H26N4O2.CH3Br/c1-24-18-12-11-17(14-19(18)25-16-28)21-15-27(20-8-5-6-9-22(20)29-2)23-10-4-3-7-13-26(21)23;1-2/h5-6,8-9,11-12,14-16,24H,3-4,7,10,13H2,1-2H3;1H3/p+1. The predicted molar refractivity (Wildman–Crippen MR) is 130 cm³/mol. The molecule has 0 fully saturated rings. The maximum absolute atomic E-state index is 11.1. The zero-order valence-electron chi connectivity index (χ0n) is 18.3. The third kappa shape index (κ3) is 4.77. The first-order valence-corrected chi connectivity index (χ1v) is 12.0. The first-order valence-electron chi connectivity index (χ1n) is 10.4. The van der Waals surface area contributed by atoms with Crippen molar-refractivity contribution in [3.8, 4) is 22.7 Å². The molecule has 0 saturated carbocycles. The van der Waals surface area contributed by atoms with Gasteiger partial charge in [0.05, 0.1) is 25.0 Å². The molecular formula is C24H30BrN4O2+. The minimum atomic E-state index is 0.716. The second-order valence-electron chi connectivity index (χ2n) is 7.21. The molecule has 1 aliphatic rings. The number of rotatable bonds is 6. The summed E-state index contributed by atoms with van der Waals surface area (Å²) in [6.07, 6.45) is 7.49. The first kappa shape index (κ1) is 22.9. The van der Waals surface area contributed by atoms with Gasteiger partial charge in [-0.25, -0.2) is 4.57 Å². The fourth-order valence-electron chi connectivity index (χ4n) is 4.14. The molecule has 6 nitrogen and oxygen atoms in total. The number of imidazole rings is 1. The van der Waals surface area contributed by atoms with Crippen LogP contribution in [0.25, 0.3) is 16.9 Å². The van der Waals surface area contributed by atoms with E-state index in [1.54, 1.807) is 7.11 Å². The Hall–Kier alpha value is -2.80. The number of para-hydroxylation sites is 2. The number of alkyl halides is 1. The summed E-state index contributed by atoms with van der Waals surface area (Å²) in [5, 5.41) is 5.93. The van der Waals surface area contributed by atoms with Crippen LogP contribution in [0.2, 0.25) is 0 Å². The highest BCUT2D eigenvalue weighted by Gasteiger charge is 2.28. The second kappa shape index (κ2) is 11.0. The van der Waals surface area contributed by atoms with E-state index in [2.05, 4.69) is 54.0 Å². The van der Waals surface area contributed by atoms with Crippen LogP contribution in [0.4, 0.5) is 11.4 Å². The van der Waals surface area contributed by atoms with Gasteiger partial charge in [-0.3, -0.25) is 4.79 Å². The number of hydrogen-bond donors (Lipinski definition) is 2. The van der Waals surface area contributed by atoms with Gasteiger partial charge in [-0.1, -0.05) is 28.1 Å². The fraction of sp³-hybridized carbons (Fsp3) is 0.333. The van der Waals surface area contributed by atoms with Gasteiger partial charge < -0.3 is 15.4 Å². The molecule has 0 unspecified atom stereocenters. The lowest BCUT2D eigenvalue weighted by atomic mass is 10.1. The Morgan fingerprint density at radius 1 is 1.10 bits per heavy atom. The maximum atomic E-state index is 11.1. The van der Waals surface area contributed by atoms with Crippen molar-refractivity contribution in [2.45, 2.75) is 32.2 Å². The molecule has 31 heavy (non-hydrogen) atoms. The first-order chi connectivity index (χ1) is 15.3. The third-order valence-corrected chi connectivity index (χ3v) is 5.56. The summed E-state index contributed by atoms with van der Waals surface area (Å²) in [4.78, 5) is 11.1. The van der Waals surface area contributed by atoms with Crippen LogP contribution in [0.3, 0.4) is 0 Å². The van der Waals surface area contributed by atoms with Crippen molar-refractivity contribution in [2.24, 2.45) is 0 Å². The number of nitrogens with one attached hydrogen (secondary N) is 2. The van der Waals surface area contributed by atoms with Crippen molar-refractivity contribution in [2.75, 3.05) is 30.6 Å². The normalized spacial score (nSPS) is 12.6. The highest BCUT2D eigenvalue weighted by Crippen LogP contribution is 2.31. The summed E-state index contributed by atoms with van der Waals surface area (Å²) in [6.45, 7) is 0.983. The van der Waals surface area contributed by atoms with Gasteiger partial charge in [0.25, 0.3) is 5.82 Å². The van der Waals surface area contributed by atoms with Crippen LogP contribution in [-0.4, -0.2) is 31.0 Å². The molecule has 1 aliphatic heterocycles. The predicted octanol–water partition coefficient (Wildman–Crippen LogP) is 4.79. The Kier molecular flexibility index (Phi) is 8.12. The Morgan fingerprint density at radius 3 is 2.65 bits per heavy atom. The van der Waals surface area contributed by atoms with Gasteiger partial charge in [0, 0.05) is 19.0 Å². The summed E-state index contributed by atoms with van der Waals surface area (Å²) in [5.41, 5.74) is 4.92. The number of benzene rings is 2. The summed E-state index contributed by atoms with van der Waals surface area (Å²) < 4.78 is 10.3. The van der Waals surface area contributed by atoms with Gasteiger partial charge >= 0.3 is 0 Å². The molecule has 0 aliphatic carbocycles. The van der Waals surface area contributed by atoms with E-state index < -0.39 is 0 Å². The van der Waals surface area contributed by atoms with E-state index in [9.17, 15) is 4.79 Å². The average molecular weight is 486 g/mol. The number of aromatic nitrogens is 2. The van der Waals surface area contributed by atoms with E-state index in [4.69, 9.17) is 4.74 Å². The van der Waals surface area contributed by atoms with Gasteiger partial charge in [0.15, 0.2) is 17.1 Å². The number of nitrogens with zero attached hydrogens (tertiary/aromatic N) is 2. The van der Waals surface area contributed by atoms with Crippen LogP contribution in [0.1, 0.15) is 25.1 Å². The molecule has 1 amide bonds. The van der Waals surface area contributed by atoms with Gasteiger partial charge in [-0.2, -0.15) is 4.57 Å². The van der Waals surface area contributed by atoms with Crippen molar-refractivity contribution >= 4 is 33.7 Å². The summed E-state index contributed by atoms with van der Waals surface area (Å²) in [6, 6.07) is 14.3. The van der Waals surface area contributed by atoms with Crippen molar-refractivity contribution < 1.29 is 14.1 Å². The Balaban J connectivity index is 0.00000132. The lowest BCUT2D eigenvalue weighted by molar-refractivity contribution is -0.604. The van der Waals surface area contributed by atoms with Crippen LogP contribution >= 0.6 is 15.9 Å². The monoisotopic (exact) mass is 485 g/mol. The topological polar surface area (TPSA) is 59.2 Å². The van der Waals surface area contributed by atoms with E-state index in [1.807, 2.05) is 43.2 Å². The number of halogens is 1. The van der Waals surface area contributed by atoms with Gasteiger partial charge in [0.1, 0.15) is 6.20 Å². The molecule has 0 bridgehead atoms. The highest BCUT2D eigenvalue weighted by molar-refractivity contribution is 9.08. The van der Waals surface area contributed by atoms with Crippen LogP contribution in [-0.2, 0) is 17.8 Å². The molecule has 0 radical (unpaired) electrons. The fourth-order valence-corrected chi connectivity index (χ4v) is 4.14. The number of ether oxygens (including phenoxy) is 1. The van der Waals surface area contributed by atoms with Crippen LogP contribution < -0.4 is 19.9 Å². The molecule has 4 rings (SSSR count). The molecule has 7 heteroatoms. The quantitative estimate of drug-likeness (QED) is 0.299. The summed E-state index contributed by atoms with van der Waals surface area (Å²) >= 11 is 2.94. The number of methoxy groups -OCH3 is 1. The molecule has 0 saturated heterocycles. The summed E-state index contributed by atoms with van der Waals surface area (Å²) in [5.74, 6) is 3.95. The molecule has 0 atom stereocenters. The highest BCUT2D eigenvalue weighted by atomic mass is 79.9. The lowest BCUT2D eigenvalue weighted by Crippen LogP contribution is -2.34. The zero-order chi connectivity index (χ0) is 22.2. The second-order valence-corrected chi connectivity index (χ2v) is 7.21. The van der Waals surface area contributed by atoms with Crippen LogP contribution in [0.15, 0.2) is 48.7 Å². The van der Waals surface area contributed by atoms with Gasteiger partial charge in [-0.05, 0) is 55.4 Å². The number of carbonyl (C=O) groups is 1. The number of fused-ring (bicyclic) bond motifs is 1. The van der Waals surface area contributed by atoms with E-state index >= 15 is 0 Å². The molecule has 0 spiro atoms. The molecule has 2 N–H and O–H groups in total. The number of carbonyl (C=O) groups excluding carboxylic acids is 1. The lowest BCUT2D eigenvalue weighted by Gasteiger charge is -2.10. The van der Waals surface area contributed by atoms with Crippen molar-refractivity contribution in [3.63, 3.8) is 0 Å². The molecule has 2 aromatic carbocycles. The Morgan fingerprint density at radius 2 is 1.90 bits per heavy atom. The molecule has 3 aromatic rings. The van der Waals surface area contributed by atoms with Crippen molar-refractivity contribution in [1.82, 2.24) is 4.57 Å². The van der Waals surface area contributed by atoms with Gasteiger partial charge in [0.2, 0.25) is 6.41 Å². The molecular weight excluding hydrogens is 456 g/mol.